The lowest BCUT2D eigenvalue weighted by Gasteiger charge is -2.31. The average molecular weight is 280 g/mol. The fourth-order valence-electron chi connectivity index (χ4n) is 2.07. The first-order chi connectivity index (χ1) is 9.42. The van der Waals surface area contributed by atoms with Gasteiger partial charge in [0.25, 0.3) is 0 Å². The van der Waals surface area contributed by atoms with Crippen LogP contribution in [0.15, 0.2) is 60.7 Å². The molecule has 0 heterocycles. The predicted molar refractivity (Wildman–Crippen MR) is 71.3 cm³/mol. The Labute approximate surface area is 116 Å². The van der Waals surface area contributed by atoms with Crippen LogP contribution in [0.3, 0.4) is 0 Å². The van der Waals surface area contributed by atoms with Gasteiger partial charge in [0.15, 0.2) is 0 Å². The maximum atomic E-state index is 12.5. The molecule has 0 spiro atoms. The van der Waals surface area contributed by atoms with E-state index < -0.39 is 18.4 Å². The fourth-order valence-corrected chi connectivity index (χ4v) is 2.07. The summed E-state index contributed by atoms with van der Waals surface area (Å²) >= 11 is 0. The number of halogens is 3. The van der Waals surface area contributed by atoms with Gasteiger partial charge in [0.2, 0.25) is 0 Å². The zero-order chi connectivity index (χ0) is 14.6. The van der Waals surface area contributed by atoms with Crippen molar-refractivity contribution in [3.05, 3.63) is 71.8 Å². The summed E-state index contributed by atoms with van der Waals surface area (Å²) in [6.07, 6.45) is -4.36. The lowest BCUT2D eigenvalue weighted by molar-refractivity contribution is -0.197. The van der Waals surface area contributed by atoms with Gasteiger partial charge in [-0.05, 0) is 18.1 Å². The number of hydrogen-bond donors (Lipinski definition) is 0. The number of rotatable bonds is 4. The standard InChI is InChI=1S/C16H15F3O/c1-15(20-12-16(17,18)19,13-8-4-2-5-9-13)14-10-6-3-7-11-14/h2-11H,12H2,1H3. The molecule has 2 aromatic rings. The Bertz CT molecular complexity index is 495. The Kier molecular flexibility index (Phi) is 4.14. The molecule has 106 valence electrons. The van der Waals surface area contributed by atoms with Crippen LogP contribution in [0.25, 0.3) is 0 Å². The Hall–Kier alpha value is -1.81. The van der Waals surface area contributed by atoms with Crippen LogP contribution in [0, 0.1) is 0 Å². The van der Waals surface area contributed by atoms with Gasteiger partial charge in [0, 0.05) is 0 Å². The van der Waals surface area contributed by atoms with Crippen LogP contribution in [0.1, 0.15) is 18.1 Å². The van der Waals surface area contributed by atoms with Gasteiger partial charge < -0.3 is 4.74 Å². The summed E-state index contributed by atoms with van der Waals surface area (Å²) in [6.45, 7) is 0.372. The van der Waals surface area contributed by atoms with Gasteiger partial charge in [-0.25, -0.2) is 0 Å². The van der Waals surface area contributed by atoms with E-state index in [9.17, 15) is 13.2 Å². The molecule has 0 unspecified atom stereocenters. The van der Waals surface area contributed by atoms with Crippen molar-refractivity contribution in [1.82, 2.24) is 0 Å². The molecule has 0 N–H and O–H groups in total. The summed E-state index contributed by atoms with van der Waals surface area (Å²) in [7, 11) is 0. The van der Waals surface area contributed by atoms with Crippen molar-refractivity contribution in [2.24, 2.45) is 0 Å². The summed E-state index contributed by atoms with van der Waals surface area (Å²) in [5, 5.41) is 0. The van der Waals surface area contributed by atoms with Gasteiger partial charge in [-0.2, -0.15) is 13.2 Å². The minimum atomic E-state index is -4.36. The Morgan fingerprint density at radius 2 is 1.20 bits per heavy atom. The van der Waals surface area contributed by atoms with Crippen LogP contribution < -0.4 is 0 Å². The zero-order valence-corrected chi connectivity index (χ0v) is 11.0. The third kappa shape index (κ3) is 3.39. The van der Waals surface area contributed by atoms with Crippen molar-refractivity contribution < 1.29 is 17.9 Å². The van der Waals surface area contributed by atoms with Crippen LogP contribution in [0.4, 0.5) is 13.2 Å². The Balaban J connectivity index is 2.39. The molecule has 0 amide bonds. The van der Waals surface area contributed by atoms with Crippen LogP contribution in [-0.2, 0) is 10.3 Å². The summed E-state index contributed by atoms with van der Waals surface area (Å²) < 4.78 is 42.7. The van der Waals surface area contributed by atoms with Crippen molar-refractivity contribution >= 4 is 0 Å². The third-order valence-corrected chi connectivity index (χ3v) is 3.17. The van der Waals surface area contributed by atoms with E-state index in [2.05, 4.69) is 0 Å². The van der Waals surface area contributed by atoms with Crippen LogP contribution in [0.2, 0.25) is 0 Å². The van der Waals surface area contributed by atoms with Crippen molar-refractivity contribution in [1.29, 1.82) is 0 Å². The van der Waals surface area contributed by atoms with Crippen molar-refractivity contribution in [2.45, 2.75) is 18.7 Å². The molecule has 4 heteroatoms. The van der Waals surface area contributed by atoms with Crippen LogP contribution in [0.5, 0.6) is 0 Å². The van der Waals surface area contributed by atoms with E-state index in [-0.39, 0.29) is 0 Å². The summed E-state index contributed by atoms with van der Waals surface area (Å²) in [5.41, 5.74) is 0.254. The molecule has 2 aromatic carbocycles. The van der Waals surface area contributed by atoms with E-state index in [0.717, 1.165) is 0 Å². The largest absolute Gasteiger partial charge is 0.411 e. The second-order valence-corrected chi connectivity index (χ2v) is 4.67. The number of alkyl halides is 3. The Morgan fingerprint density at radius 3 is 1.55 bits per heavy atom. The number of benzene rings is 2. The maximum Gasteiger partial charge on any atom is 0.411 e. The molecule has 0 aliphatic rings. The van der Waals surface area contributed by atoms with Gasteiger partial charge in [-0.1, -0.05) is 60.7 Å². The zero-order valence-electron chi connectivity index (χ0n) is 11.0. The molecule has 0 bridgehead atoms. The topological polar surface area (TPSA) is 9.23 Å². The maximum absolute atomic E-state index is 12.5. The molecule has 0 fully saturated rings. The normalized spacial score (nSPS) is 12.4. The second-order valence-electron chi connectivity index (χ2n) is 4.67. The highest BCUT2D eigenvalue weighted by atomic mass is 19.4. The molecule has 0 aromatic heterocycles. The SMILES string of the molecule is CC(OCC(F)(F)F)(c1ccccc1)c1ccccc1. The highest BCUT2D eigenvalue weighted by Crippen LogP contribution is 2.34. The molecular formula is C16H15F3O. The fraction of sp³-hybridized carbons (Fsp3) is 0.250. The minimum absolute atomic E-state index is 0.690. The van der Waals surface area contributed by atoms with Gasteiger partial charge in [-0.3, -0.25) is 0 Å². The average Bonchev–Trinajstić information content (AvgIpc) is 2.46. The molecule has 0 saturated heterocycles. The van der Waals surface area contributed by atoms with Gasteiger partial charge in [0.05, 0.1) is 0 Å². The number of ether oxygens (including phenoxy) is 1. The monoisotopic (exact) mass is 280 g/mol. The molecule has 0 aliphatic heterocycles. The second kappa shape index (κ2) is 5.67. The molecule has 1 nitrogen and oxygen atoms in total. The molecular weight excluding hydrogens is 265 g/mol. The van der Waals surface area contributed by atoms with E-state index in [0.29, 0.717) is 11.1 Å². The van der Waals surface area contributed by atoms with E-state index in [1.807, 2.05) is 12.1 Å². The van der Waals surface area contributed by atoms with Gasteiger partial charge >= 0.3 is 6.18 Å². The van der Waals surface area contributed by atoms with E-state index in [4.69, 9.17) is 4.74 Å². The van der Waals surface area contributed by atoms with E-state index >= 15 is 0 Å². The molecule has 2 rings (SSSR count). The van der Waals surface area contributed by atoms with Crippen molar-refractivity contribution in [3.63, 3.8) is 0 Å². The molecule has 0 radical (unpaired) electrons. The first-order valence-corrected chi connectivity index (χ1v) is 6.23. The number of hydrogen-bond acceptors (Lipinski definition) is 1. The highest BCUT2D eigenvalue weighted by molar-refractivity contribution is 5.35. The quantitative estimate of drug-likeness (QED) is 0.799. The van der Waals surface area contributed by atoms with E-state index in [1.165, 1.54) is 0 Å². The van der Waals surface area contributed by atoms with E-state index in [1.54, 1.807) is 55.5 Å². The lowest BCUT2D eigenvalue weighted by Crippen LogP contribution is -2.32. The van der Waals surface area contributed by atoms with Crippen LogP contribution in [-0.4, -0.2) is 12.8 Å². The first kappa shape index (κ1) is 14.6. The van der Waals surface area contributed by atoms with Crippen molar-refractivity contribution in [2.75, 3.05) is 6.61 Å². The Morgan fingerprint density at radius 1 is 0.800 bits per heavy atom. The molecule has 0 atom stereocenters. The first-order valence-electron chi connectivity index (χ1n) is 6.23. The summed E-state index contributed by atoms with van der Waals surface area (Å²) in [6, 6.07) is 17.8. The molecule has 20 heavy (non-hydrogen) atoms. The summed E-state index contributed by atoms with van der Waals surface area (Å²) in [5.74, 6) is 0. The highest BCUT2D eigenvalue weighted by Gasteiger charge is 2.36. The lowest BCUT2D eigenvalue weighted by atomic mass is 9.88. The predicted octanol–water partition coefficient (Wildman–Crippen LogP) is 4.53. The van der Waals surface area contributed by atoms with Crippen LogP contribution >= 0.6 is 0 Å². The van der Waals surface area contributed by atoms with Gasteiger partial charge in [0.1, 0.15) is 12.2 Å². The summed E-state index contributed by atoms with van der Waals surface area (Å²) in [4.78, 5) is 0. The smallest absolute Gasteiger partial charge is 0.356 e. The molecule has 0 aliphatic carbocycles. The minimum Gasteiger partial charge on any atom is -0.356 e. The van der Waals surface area contributed by atoms with Crippen molar-refractivity contribution in [3.8, 4) is 0 Å². The third-order valence-electron chi connectivity index (χ3n) is 3.17. The molecule has 0 saturated carbocycles. The van der Waals surface area contributed by atoms with Gasteiger partial charge in [-0.15, -0.1) is 0 Å².